The minimum absolute atomic E-state index is 0.0139. The Balaban J connectivity index is 1.26. The number of rotatable bonds is 9. The fourth-order valence-electron chi connectivity index (χ4n) is 6.04. The zero-order chi connectivity index (χ0) is 28.6. The summed E-state index contributed by atoms with van der Waals surface area (Å²) < 4.78 is 0. The van der Waals surface area contributed by atoms with Crippen LogP contribution in [0, 0.1) is 17.9 Å². The predicted molar refractivity (Wildman–Crippen MR) is 162 cm³/mol. The Morgan fingerprint density at radius 3 is 2.39 bits per heavy atom. The first-order chi connectivity index (χ1) is 20.1. The van der Waals surface area contributed by atoms with Gasteiger partial charge in [0.2, 0.25) is 0 Å². The fraction of sp³-hybridized carbons (Fsp3) is 0.382. The Kier molecular flexibility index (Phi) is 9.19. The van der Waals surface area contributed by atoms with Gasteiger partial charge < -0.3 is 14.7 Å². The third-order valence-electron chi connectivity index (χ3n) is 8.27. The number of likely N-dealkylation sites (N-methyl/N-ethyl adjacent to an activating group) is 1. The van der Waals surface area contributed by atoms with Crippen molar-refractivity contribution in [3.8, 4) is 6.07 Å². The topological polar surface area (TPSA) is 58.2 Å². The van der Waals surface area contributed by atoms with Crippen LogP contribution in [0.1, 0.15) is 47.7 Å². The van der Waals surface area contributed by atoms with Crippen molar-refractivity contribution in [3.63, 3.8) is 0 Å². The summed E-state index contributed by atoms with van der Waals surface area (Å²) in [6, 6.07) is 24.7. The van der Waals surface area contributed by atoms with E-state index in [1.807, 2.05) is 36.1 Å². The number of fused-ring (bicyclic) bond motifs is 1. The molecule has 7 heteroatoms. The van der Waals surface area contributed by atoms with Crippen molar-refractivity contribution in [1.29, 1.82) is 5.26 Å². The number of hydrogen-bond donors (Lipinski definition) is 0. The van der Waals surface area contributed by atoms with Gasteiger partial charge in [0.05, 0.1) is 12.6 Å². The Labute approximate surface area is 243 Å². The molecule has 2 saturated heterocycles. The maximum absolute atomic E-state index is 13.4. The minimum atomic E-state index is 0.0139. The van der Waals surface area contributed by atoms with Gasteiger partial charge in [0.15, 0.2) is 0 Å². The Morgan fingerprint density at radius 2 is 1.66 bits per heavy atom. The summed E-state index contributed by atoms with van der Waals surface area (Å²) in [4.78, 5) is 25.6. The Morgan fingerprint density at radius 1 is 0.927 bits per heavy atom. The van der Waals surface area contributed by atoms with Crippen LogP contribution in [0.2, 0.25) is 0 Å². The molecule has 7 nitrogen and oxygen atoms in total. The van der Waals surface area contributed by atoms with Crippen molar-refractivity contribution < 1.29 is 4.79 Å². The van der Waals surface area contributed by atoms with E-state index < -0.39 is 0 Å². The average molecular weight is 547 g/mol. The smallest absolute Gasteiger partial charge is 0.300 e. The highest BCUT2D eigenvalue weighted by molar-refractivity contribution is 5.94. The van der Waals surface area contributed by atoms with Gasteiger partial charge in [0.25, 0.3) is 5.91 Å². The van der Waals surface area contributed by atoms with Gasteiger partial charge in [0, 0.05) is 51.4 Å². The molecule has 2 heterocycles. The molecule has 0 unspecified atom stereocenters. The summed E-state index contributed by atoms with van der Waals surface area (Å²) in [5.74, 6) is 0.682. The van der Waals surface area contributed by atoms with Gasteiger partial charge in [-0.15, -0.1) is 0 Å². The van der Waals surface area contributed by atoms with E-state index in [1.54, 1.807) is 0 Å². The van der Waals surface area contributed by atoms with E-state index in [4.69, 9.17) is 6.57 Å². The average Bonchev–Trinajstić information content (AvgIpc) is 3.41. The van der Waals surface area contributed by atoms with E-state index in [2.05, 4.69) is 68.1 Å². The second-order valence-corrected chi connectivity index (χ2v) is 10.9. The van der Waals surface area contributed by atoms with Crippen LogP contribution in [0.15, 0.2) is 78.2 Å². The zero-order valence-corrected chi connectivity index (χ0v) is 23.9. The molecule has 41 heavy (non-hydrogen) atoms. The molecule has 2 aliphatic heterocycles. The highest BCUT2D eigenvalue weighted by Crippen LogP contribution is 2.28. The molecule has 1 amide bonds. The maximum Gasteiger partial charge on any atom is 0.300 e. The Bertz CT molecular complexity index is 1450. The number of nitriles is 1. The van der Waals surface area contributed by atoms with Gasteiger partial charge >= 0.3 is 5.70 Å². The minimum Gasteiger partial charge on any atom is -0.363 e. The number of carbonyl (C=O) groups excluding carboxylic acids is 1. The first-order valence-electron chi connectivity index (χ1n) is 14.7. The number of benzene rings is 3. The van der Waals surface area contributed by atoms with E-state index >= 15 is 0 Å². The van der Waals surface area contributed by atoms with E-state index in [9.17, 15) is 10.1 Å². The van der Waals surface area contributed by atoms with Crippen LogP contribution in [0.4, 0.5) is 0 Å². The van der Waals surface area contributed by atoms with Crippen LogP contribution in [0.5, 0.6) is 0 Å². The van der Waals surface area contributed by atoms with Crippen molar-refractivity contribution in [3.05, 3.63) is 106 Å². The zero-order valence-electron chi connectivity index (χ0n) is 23.9. The van der Waals surface area contributed by atoms with Gasteiger partial charge in [-0.1, -0.05) is 61.0 Å². The lowest BCUT2D eigenvalue weighted by Gasteiger charge is -2.29. The predicted octanol–water partition coefficient (Wildman–Crippen LogP) is 5.72. The molecular formula is C34H38N6O. The third kappa shape index (κ3) is 6.53. The van der Waals surface area contributed by atoms with Crippen LogP contribution in [-0.2, 0) is 13.1 Å². The number of piperidine rings is 1. The molecule has 0 spiro atoms. The maximum atomic E-state index is 13.4. The van der Waals surface area contributed by atoms with Crippen LogP contribution in [0.25, 0.3) is 15.6 Å². The summed E-state index contributed by atoms with van der Waals surface area (Å²) in [7, 11) is 0. The van der Waals surface area contributed by atoms with Gasteiger partial charge in [-0.25, -0.2) is 10.1 Å². The normalized spacial score (nSPS) is 16.9. The quantitative estimate of drug-likeness (QED) is 0.254. The number of likely N-dealkylation sites (tertiary alicyclic amines) is 1. The van der Waals surface area contributed by atoms with E-state index in [0.717, 1.165) is 26.2 Å². The van der Waals surface area contributed by atoms with E-state index in [-0.39, 0.29) is 11.6 Å². The lowest BCUT2D eigenvalue weighted by atomic mass is 10.0. The monoisotopic (exact) mass is 546 g/mol. The second kappa shape index (κ2) is 13.4. The highest BCUT2D eigenvalue weighted by atomic mass is 16.2. The number of amides is 1. The molecule has 0 atom stereocenters. The summed E-state index contributed by atoms with van der Waals surface area (Å²) in [6.07, 6.45) is 3.86. The summed E-state index contributed by atoms with van der Waals surface area (Å²) >= 11 is 0. The first kappa shape index (κ1) is 28.2. The lowest BCUT2D eigenvalue weighted by Crippen LogP contribution is -2.38. The summed E-state index contributed by atoms with van der Waals surface area (Å²) in [5.41, 5.74) is 3.20. The number of nitrogens with zero attached hydrogens (tertiary/aromatic N) is 6. The number of allylic oxidation sites excluding steroid dienone is 1. The first-order valence-corrected chi connectivity index (χ1v) is 14.7. The molecule has 0 N–H and O–H groups in total. The molecule has 0 saturated carbocycles. The van der Waals surface area contributed by atoms with E-state index in [0.29, 0.717) is 44.1 Å². The standard InChI is InChI=1S/C34H38N6O/c1-3-38(34(41)29-16-14-27(15-17-29)25-37-18-7-4-8-19-37)20-21-39-22-23-40(33(39)32(24-35)36-2)26-30-12-9-11-28-10-5-6-13-31(28)30/h5-6,9-17H,3-4,7-8,18-23,25-26H2,1H3/b33-32+. The molecular weight excluding hydrogens is 508 g/mol. The lowest BCUT2D eigenvalue weighted by molar-refractivity contribution is 0.0752. The molecule has 2 aliphatic rings. The van der Waals surface area contributed by atoms with Crippen molar-refractivity contribution in [2.24, 2.45) is 0 Å². The van der Waals surface area contributed by atoms with Crippen LogP contribution < -0.4 is 0 Å². The molecule has 2 fully saturated rings. The van der Waals surface area contributed by atoms with Crippen molar-refractivity contribution in [2.45, 2.75) is 39.3 Å². The van der Waals surface area contributed by atoms with Crippen molar-refractivity contribution in [2.75, 3.05) is 45.8 Å². The van der Waals surface area contributed by atoms with Gasteiger partial charge in [-0.05, 0) is 66.9 Å². The third-order valence-corrected chi connectivity index (χ3v) is 8.27. The molecule has 210 valence electrons. The van der Waals surface area contributed by atoms with Gasteiger partial charge in [0.1, 0.15) is 5.82 Å². The van der Waals surface area contributed by atoms with Gasteiger partial charge in [-0.3, -0.25) is 9.69 Å². The largest absolute Gasteiger partial charge is 0.363 e. The molecule has 0 aliphatic carbocycles. The summed E-state index contributed by atoms with van der Waals surface area (Å²) in [5, 5.41) is 12.2. The molecule has 3 aromatic rings. The molecule has 5 rings (SSSR count). The SMILES string of the molecule is [C-]#[N+]/C(C#N)=C1\N(CCN(CC)C(=O)c2ccc(CN3CCCCC3)cc2)CCN1Cc1cccc2ccccc12. The van der Waals surface area contributed by atoms with Crippen LogP contribution >= 0.6 is 0 Å². The fourth-order valence-corrected chi connectivity index (χ4v) is 6.04. The Hall–Kier alpha value is -4.33. The number of carbonyl (C=O) groups is 1. The highest BCUT2D eigenvalue weighted by Gasteiger charge is 2.29. The van der Waals surface area contributed by atoms with Gasteiger partial charge in [-0.2, -0.15) is 0 Å². The molecule has 0 aromatic heterocycles. The molecule has 0 radical (unpaired) electrons. The van der Waals surface area contributed by atoms with Crippen LogP contribution in [0.3, 0.4) is 0 Å². The van der Waals surface area contributed by atoms with Crippen LogP contribution in [-0.4, -0.2) is 71.3 Å². The summed E-state index contributed by atoms with van der Waals surface area (Å²) in [6.45, 7) is 16.6. The second-order valence-electron chi connectivity index (χ2n) is 10.9. The number of hydrogen-bond acceptors (Lipinski definition) is 5. The molecule has 0 bridgehead atoms. The molecule has 3 aromatic carbocycles. The van der Waals surface area contributed by atoms with Crippen molar-refractivity contribution >= 4 is 16.7 Å². The van der Waals surface area contributed by atoms with Crippen molar-refractivity contribution in [1.82, 2.24) is 19.6 Å². The van der Waals surface area contributed by atoms with E-state index in [1.165, 1.54) is 41.2 Å².